The molecule has 7 heteroatoms. The standard InChI is InChI=1S/C14H9BrF3NO2/c15-12-9(14(20)21)3-4-11(13(12)18)19-6-7-1-2-8(16)5-10(7)17/h1-5,19H,6H2,(H,20,21). The summed E-state index contributed by atoms with van der Waals surface area (Å²) in [7, 11) is 0. The van der Waals surface area contributed by atoms with Crippen molar-refractivity contribution in [3.63, 3.8) is 0 Å². The Morgan fingerprint density at radius 2 is 1.90 bits per heavy atom. The molecule has 0 atom stereocenters. The molecule has 0 bridgehead atoms. The zero-order valence-electron chi connectivity index (χ0n) is 10.5. The predicted octanol–water partition coefficient (Wildman–Crippen LogP) is 4.18. The van der Waals surface area contributed by atoms with Gasteiger partial charge in [0.15, 0.2) is 5.82 Å². The van der Waals surface area contributed by atoms with Gasteiger partial charge in [0.25, 0.3) is 0 Å². The minimum Gasteiger partial charge on any atom is -0.478 e. The van der Waals surface area contributed by atoms with Gasteiger partial charge in [-0.1, -0.05) is 6.07 Å². The Kier molecular flexibility index (Phi) is 4.52. The van der Waals surface area contributed by atoms with E-state index in [0.29, 0.717) is 0 Å². The third-order valence-electron chi connectivity index (χ3n) is 2.80. The number of benzene rings is 2. The highest BCUT2D eigenvalue weighted by atomic mass is 79.9. The number of aromatic carboxylic acids is 1. The van der Waals surface area contributed by atoms with Crippen LogP contribution in [0.1, 0.15) is 15.9 Å². The normalized spacial score (nSPS) is 10.5. The van der Waals surface area contributed by atoms with Gasteiger partial charge in [-0.3, -0.25) is 0 Å². The lowest BCUT2D eigenvalue weighted by Gasteiger charge is -2.10. The van der Waals surface area contributed by atoms with Gasteiger partial charge in [0.2, 0.25) is 0 Å². The molecule has 110 valence electrons. The topological polar surface area (TPSA) is 49.3 Å². The first-order valence-corrected chi connectivity index (χ1v) is 6.58. The number of halogens is 4. The number of anilines is 1. The molecular weight excluding hydrogens is 351 g/mol. The van der Waals surface area contributed by atoms with E-state index in [0.717, 1.165) is 12.1 Å². The molecular formula is C14H9BrF3NO2. The summed E-state index contributed by atoms with van der Waals surface area (Å²) in [6, 6.07) is 5.54. The lowest BCUT2D eigenvalue weighted by molar-refractivity contribution is 0.0695. The zero-order chi connectivity index (χ0) is 15.6. The SMILES string of the molecule is O=C(O)c1ccc(NCc2ccc(F)cc2F)c(F)c1Br. The van der Waals surface area contributed by atoms with Gasteiger partial charge in [-0.2, -0.15) is 0 Å². The molecule has 0 aliphatic heterocycles. The van der Waals surface area contributed by atoms with E-state index in [1.54, 1.807) is 0 Å². The van der Waals surface area contributed by atoms with Crippen LogP contribution in [-0.2, 0) is 6.54 Å². The molecule has 0 aliphatic carbocycles. The summed E-state index contributed by atoms with van der Waals surface area (Å²) in [5.74, 6) is -3.51. The fourth-order valence-electron chi connectivity index (χ4n) is 1.71. The highest BCUT2D eigenvalue weighted by molar-refractivity contribution is 9.10. The average molecular weight is 360 g/mol. The Morgan fingerprint density at radius 3 is 2.52 bits per heavy atom. The monoisotopic (exact) mass is 359 g/mol. The van der Waals surface area contributed by atoms with Crippen molar-refractivity contribution in [3.05, 3.63) is 63.4 Å². The molecule has 0 aromatic heterocycles. The van der Waals surface area contributed by atoms with E-state index < -0.39 is 23.4 Å². The van der Waals surface area contributed by atoms with Gasteiger partial charge in [-0.25, -0.2) is 18.0 Å². The maximum Gasteiger partial charge on any atom is 0.336 e. The molecule has 2 N–H and O–H groups in total. The molecule has 21 heavy (non-hydrogen) atoms. The van der Waals surface area contributed by atoms with E-state index in [4.69, 9.17) is 5.11 Å². The fraction of sp³-hybridized carbons (Fsp3) is 0.0714. The molecule has 0 spiro atoms. The summed E-state index contributed by atoms with van der Waals surface area (Å²) in [6.45, 7) is -0.0676. The van der Waals surface area contributed by atoms with Crippen LogP contribution < -0.4 is 5.32 Å². The van der Waals surface area contributed by atoms with Crippen LogP contribution in [0, 0.1) is 17.5 Å². The van der Waals surface area contributed by atoms with Crippen molar-refractivity contribution in [2.75, 3.05) is 5.32 Å². The van der Waals surface area contributed by atoms with Crippen molar-refractivity contribution in [2.45, 2.75) is 6.54 Å². The molecule has 0 aliphatic rings. The largest absolute Gasteiger partial charge is 0.478 e. The van der Waals surface area contributed by atoms with E-state index >= 15 is 0 Å². The van der Waals surface area contributed by atoms with Crippen molar-refractivity contribution in [1.82, 2.24) is 0 Å². The molecule has 0 radical (unpaired) electrons. The molecule has 0 saturated heterocycles. The van der Waals surface area contributed by atoms with Crippen LogP contribution in [0.3, 0.4) is 0 Å². The Hall–Kier alpha value is -2.02. The fourth-order valence-corrected chi connectivity index (χ4v) is 2.22. The molecule has 2 rings (SSSR count). The van der Waals surface area contributed by atoms with Crippen LogP contribution in [0.25, 0.3) is 0 Å². The quantitative estimate of drug-likeness (QED) is 0.860. The Labute approximate surface area is 126 Å². The third kappa shape index (κ3) is 3.36. The Balaban J connectivity index is 2.21. The summed E-state index contributed by atoms with van der Waals surface area (Å²) >= 11 is 2.86. The zero-order valence-corrected chi connectivity index (χ0v) is 12.0. The predicted molar refractivity (Wildman–Crippen MR) is 74.7 cm³/mol. The number of rotatable bonds is 4. The lowest BCUT2D eigenvalue weighted by Crippen LogP contribution is -2.06. The number of hydrogen-bond acceptors (Lipinski definition) is 2. The van der Waals surface area contributed by atoms with Crippen LogP contribution in [0.15, 0.2) is 34.8 Å². The second kappa shape index (κ2) is 6.17. The maximum atomic E-state index is 14.0. The van der Waals surface area contributed by atoms with Gasteiger partial charge >= 0.3 is 5.97 Å². The van der Waals surface area contributed by atoms with Gasteiger partial charge in [0.1, 0.15) is 11.6 Å². The molecule has 0 unspecified atom stereocenters. The summed E-state index contributed by atoms with van der Waals surface area (Å²) in [4.78, 5) is 10.8. The minimum absolute atomic E-state index is 0.00981. The van der Waals surface area contributed by atoms with Crippen LogP contribution in [0.5, 0.6) is 0 Å². The second-order valence-corrected chi connectivity index (χ2v) is 4.98. The van der Waals surface area contributed by atoms with E-state index in [9.17, 15) is 18.0 Å². The average Bonchev–Trinajstić information content (AvgIpc) is 2.41. The smallest absolute Gasteiger partial charge is 0.336 e. The van der Waals surface area contributed by atoms with Crippen molar-refractivity contribution in [1.29, 1.82) is 0 Å². The maximum absolute atomic E-state index is 14.0. The van der Waals surface area contributed by atoms with Gasteiger partial charge < -0.3 is 10.4 Å². The second-order valence-electron chi connectivity index (χ2n) is 4.18. The van der Waals surface area contributed by atoms with E-state index in [1.165, 1.54) is 18.2 Å². The first-order chi connectivity index (χ1) is 9.90. The van der Waals surface area contributed by atoms with Crippen LogP contribution >= 0.6 is 15.9 Å². The molecule has 0 saturated carbocycles. The molecule has 2 aromatic rings. The van der Waals surface area contributed by atoms with Crippen LogP contribution in [0.4, 0.5) is 18.9 Å². The number of hydrogen-bond donors (Lipinski definition) is 2. The van der Waals surface area contributed by atoms with Gasteiger partial charge in [0, 0.05) is 18.2 Å². The molecule has 2 aromatic carbocycles. The highest BCUT2D eigenvalue weighted by Crippen LogP contribution is 2.27. The highest BCUT2D eigenvalue weighted by Gasteiger charge is 2.16. The molecule has 0 fully saturated rings. The molecule has 3 nitrogen and oxygen atoms in total. The first kappa shape index (κ1) is 15.4. The number of carboxylic acid groups (broad SMARTS) is 1. The Bertz CT molecular complexity index is 707. The van der Waals surface area contributed by atoms with Gasteiger partial charge in [-0.05, 0) is 34.1 Å². The van der Waals surface area contributed by atoms with Crippen LogP contribution in [-0.4, -0.2) is 11.1 Å². The lowest BCUT2D eigenvalue weighted by atomic mass is 10.1. The first-order valence-electron chi connectivity index (χ1n) is 5.79. The summed E-state index contributed by atoms with van der Waals surface area (Å²) in [5, 5.41) is 11.5. The van der Waals surface area contributed by atoms with Crippen molar-refractivity contribution in [2.24, 2.45) is 0 Å². The van der Waals surface area contributed by atoms with Gasteiger partial charge in [-0.15, -0.1) is 0 Å². The molecule has 0 heterocycles. The number of carboxylic acids is 1. The number of carbonyl (C=O) groups is 1. The van der Waals surface area contributed by atoms with Gasteiger partial charge in [0.05, 0.1) is 15.7 Å². The van der Waals surface area contributed by atoms with E-state index in [-0.39, 0.29) is 27.8 Å². The van der Waals surface area contributed by atoms with E-state index in [1.807, 2.05) is 0 Å². The summed E-state index contributed by atoms with van der Waals surface area (Å²) in [5.41, 5.74) is -0.0455. The molecule has 0 amide bonds. The van der Waals surface area contributed by atoms with Crippen molar-refractivity contribution < 1.29 is 23.1 Å². The third-order valence-corrected chi connectivity index (χ3v) is 3.57. The summed E-state index contributed by atoms with van der Waals surface area (Å²) < 4.78 is 40.0. The number of nitrogens with one attached hydrogen (secondary N) is 1. The minimum atomic E-state index is -1.27. The Morgan fingerprint density at radius 1 is 1.19 bits per heavy atom. The van der Waals surface area contributed by atoms with Crippen LogP contribution in [0.2, 0.25) is 0 Å². The van der Waals surface area contributed by atoms with Crippen molar-refractivity contribution in [3.8, 4) is 0 Å². The summed E-state index contributed by atoms with van der Waals surface area (Å²) in [6.07, 6.45) is 0. The van der Waals surface area contributed by atoms with Crippen molar-refractivity contribution >= 4 is 27.6 Å². The van der Waals surface area contributed by atoms with E-state index in [2.05, 4.69) is 21.2 Å².